The van der Waals surface area contributed by atoms with E-state index in [1.807, 2.05) is 32.0 Å². The summed E-state index contributed by atoms with van der Waals surface area (Å²) >= 11 is 0. The smallest absolute Gasteiger partial charge is 0.265 e. The molecule has 0 saturated carbocycles. The van der Waals surface area contributed by atoms with Crippen molar-refractivity contribution in [3.05, 3.63) is 69.5 Å². The summed E-state index contributed by atoms with van der Waals surface area (Å²) in [6.07, 6.45) is 0. The Morgan fingerprint density at radius 3 is 2.65 bits per heavy atom. The molecule has 1 heterocycles. The highest BCUT2D eigenvalue weighted by Crippen LogP contribution is 2.25. The summed E-state index contributed by atoms with van der Waals surface area (Å²) in [5.74, 6) is -0.949. The SMILES string of the molecule is Cc1ccc(C)c(NC(=O)c2c(O)c3ccccc3[nH]c2=O)c1. The summed E-state index contributed by atoms with van der Waals surface area (Å²) in [7, 11) is 0. The molecule has 0 radical (unpaired) electrons. The lowest BCUT2D eigenvalue weighted by Crippen LogP contribution is -2.23. The van der Waals surface area contributed by atoms with E-state index in [1.54, 1.807) is 24.3 Å². The summed E-state index contributed by atoms with van der Waals surface area (Å²) in [6.45, 7) is 3.77. The van der Waals surface area contributed by atoms with Crippen molar-refractivity contribution >= 4 is 22.5 Å². The average Bonchev–Trinajstić information content (AvgIpc) is 2.51. The second-order valence-electron chi connectivity index (χ2n) is 5.50. The third kappa shape index (κ3) is 2.68. The summed E-state index contributed by atoms with van der Waals surface area (Å²) < 4.78 is 0. The first kappa shape index (κ1) is 14.8. The maximum Gasteiger partial charge on any atom is 0.265 e. The Kier molecular flexibility index (Phi) is 3.62. The topological polar surface area (TPSA) is 82.2 Å². The predicted octanol–water partition coefficient (Wildman–Crippen LogP) is 3.10. The van der Waals surface area contributed by atoms with Gasteiger partial charge in [-0.05, 0) is 43.2 Å². The number of carbonyl (C=O) groups excluding carboxylic acids is 1. The van der Waals surface area contributed by atoms with Gasteiger partial charge in [0.15, 0.2) is 0 Å². The minimum atomic E-state index is -0.636. The van der Waals surface area contributed by atoms with Gasteiger partial charge in [-0.25, -0.2) is 0 Å². The van der Waals surface area contributed by atoms with Gasteiger partial charge in [0.05, 0.1) is 5.52 Å². The van der Waals surface area contributed by atoms with Crippen molar-refractivity contribution in [1.82, 2.24) is 4.98 Å². The van der Waals surface area contributed by atoms with Crippen LogP contribution in [0.15, 0.2) is 47.3 Å². The number of aromatic nitrogens is 1. The van der Waals surface area contributed by atoms with E-state index in [9.17, 15) is 14.7 Å². The van der Waals surface area contributed by atoms with Crippen LogP contribution in [0.25, 0.3) is 10.9 Å². The fraction of sp³-hybridized carbons (Fsp3) is 0.111. The van der Waals surface area contributed by atoms with Crippen LogP contribution in [0.3, 0.4) is 0 Å². The number of pyridine rings is 1. The maximum atomic E-state index is 12.5. The van der Waals surface area contributed by atoms with Crippen molar-refractivity contribution in [1.29, 1.82) is 0 Å². The number of nitrogens with one attached hydrogen (secondary N) is 2. The Balaban J connectivity index is 2.08. The number of carbonyl (C=O) groups is 1. The monoisotopic (exact) mass is 308 g/mol. The minimum absolute atomic E-state index is 0.287. The number of hydrogen-bond acceptors (Lipinski definition) is 3. The zero-order valence-corrected chi connectivity index (χ0v) is 12.8. The molecular formula is C18H16N2O3. The van der Waals surface area contributed by atoms with Crippen LogP contribution in [0.2, 0.25) is 0 Å². The molecule has 0 saturated heterocycles. The number of anilines is 1. The Morgan fingerprint density at radius 1 is 1.13 bits per heavy atom. The molecule has 3 N–H and O–H groups in total. The molecule has 5 nitrogen and oxygen atoms in total. The Hall–Kier alpha value is -3.08. The number of hydrogen-bond donors (Lipinski definition) is 3. The summed E-state index contributed by atoms with van der Waals surface area (Å²) in [5.41, 5.74) is 2.05. The van der Waals surface area contributed by atoms with Gasteiger partial charge in [0.1, 0.15) is 11.3 Å². The van der Waals surface area contributed by atoms with E-state index >= 15 is 0 Å². The third-order valence-electron chi connectivity index (χ3n) is 3.76. The molecule has 23 heavy (non-hydrogen) atoms. The second-order valence-corrected chi connectivity index (χ2v) is 5.50. The van der Waals surface area contributed by atoms with Crippen LogP contribution in [0.4, 0.5) is 5.69 Å². The molecule has 0 bridgehead atoms. The fourth-order valence-electron chi connectivity index (χ4n) is 2.49. The van der Waals surface area contributed by atoms with Crippen molar-refractivity contribution in [2.24, 2.45) is 0 Å². The van der Waals surface area contributed by atoms with Crippen molar-refractivity contribution in [2.45, 2.75) is 13.8 Å². The molecule has 2 aromatic carbocycles. The number of aromatic hydroxyl groups is 1. The number of para-hydroxylation sites is 1. The van der Waals surface area contributed by atoms with Crippen LogP contribution < -0.4 is 10.9 Å². The molecule has 0 aliphatic heterocycles. The van der Waals surface area contributed by atoms with Gasteiger partial charge in [-0.2, -0.15) is 0 Å². The number of H-pyrrole nitrogens is 1. The standard InChI is InChI=1S/C18H16N2O3/c1-10-7-8-11(2)14(9-10)20-18(23)15-16(21)12-5-3-4-6-13(12)19-17(15)22/h3-9H,1-2H3,(H,20,23)(H2,19,21,22). The van der Waals surface area contributed by atoms with Gasteiger partial charge in [-0.3, -0.25) is 9.59 Å². The minimum Gasteiger partial charge on any atom is -0.506 e. The molecule has 0 spiro atoms. The molecule has 3 rings (SSSR count). The summed E-state index contributed by atoms with van der Waals surface area (Å²) in [5, 5.41) is 13.4. The number of aromatic amines is 1. The Bertz CT molecular complexity index is 974. The molecule has 1 aromatic heterocycles. The highest BCUT2D eigenvalue weighted by atomic mass is 16.3. The first-order chi connectivity index (χ1) is 11.0. The van der Waals surface area contributed by atoms with Gasteiger partial charge < -0.3 is 15.4 Å². The first-order valence-corrected chi connectivity index (χ1v) is 7.20. The third-order valence-corrected chi connectivity index (χ3v) is 3.76. The van der Waals surface area contributed by atoms with Crippen molar-refractivity contribution in [2.75, 3.05) is 5.32 Å². The van der Waals surface area contributed by atoms with Crippen LogP contribution in [0.1, 0.15) is 21.5 Å². The summed E-state index contributed by atoms with van der Waals surface area (Å²) in [4.78, 5) is 27.2. The summed E-state index contributed by atoms with van der Waals surface area (Å²) in [6, 6.07) is 12.4. The number of amides is 1. The number of aryl methyl sites for hydroxylation is 2. The highest BCUT2D eigenvalue weighted by Gasteiger charge is 2.19. The van der Waals surface area contributed by atoms with Gasteiger partial charge in [0.2, 0.25) is 0 Å². The zero-order valence-electron chi connectivity index (χ0n) is 12.8. The molecule has 0 unspecified atom stereocenters. The Morgan fingerprint density at radius 2 is 1.87 bits per heavy atom. The molecule has 5 heteroatoms. The Labute approximate surface area is 132 Å². The number of rotatable bonds is 2. The van der Waals surface area contributed by atoms with Gasteiger partial charge in [0.25, 0.3) is 11.5 Å². The van der Waals surface area contributed by atoms with Gasteiger partial charge in [0, 0.05) is 11.1 Å². The average molecular weight is 308 g/mol. The van der Waals surface area contributed by atoms with Crippen molar-refractivity contribution in [3.8, 4) is 5.75 Å². The fourth-order valence-corrected chi connectivity index (χ4v) is 2.49. The van der Waals surface area contributed by atoms with Crippen LogP contribution >= 0.6 is 0 Å². The van der Waals surface area contributed by atoms with Crippen molar-refractivity contribution in [3.63, 3.8) is 0 Å². The first-order valence-electron chi connectivity index (χ1n) is 7.20. The molecule has 0 fully saturated rings. The van der Waals surface area contributed by atoms with Crippen LogP contribution in [0.5, 0.6) is 5.75 Å². The highest BCUT2D eigenvalue weighted by molar-refractivity contribution is 6.09. The van der Waals surface area contributed by atoms with E-state index in [2.05, 4.69) is 10.3 Å². The maximum absolute atomic E-state index is 12.5. The van der Waals surface area contributed by atoms with Gasteiger partial charge in [-0.15, -0.1) is 0 Å². The van der Waals surface area contributed by atoms with E-state index in [4.69, 9.17) is 0 Å². The zero-order chi connectivity index (χ0) is 16.6. The van der Waals surface area contributed by atoms with E-state index in [0.29, 0.717) is 16.6 Å². The lowest BCUT2D eigenvalue weighted by atomic mass is 10.1. The van der Waals surface area contributed by atoms with E-state index in [1.165, 1.54) is 0 Å². The van der Waals surface area contributed by atoms with E-state index in [0.717, 1.165) is 11.1 Å². The number of benzene rings is 2. The molecular weight excluding hydrogens is 292 g/mol. The van der Waals surface area contributed by atoms with Crippen LogP contribution in [0, 0.1) is 13.8 Å². The molecule has 116 valence electrons. The molecule has 1 amide bonds. The molecule has 3 aromatic rings. The molecule has 0 aliphatic rings. The van der Waals surface area contributed by atoms with Crippen LogP contribution in [-0.4, -0.2) is 16.0 Å². The lowest BCUT2D eigenvalue weighted by Gasteiger charge is -2.11. The van der Waals surface area contributed by atoms with Crippen LogP contribution in [-0.2, 0) is 0 Å². The quantitative estimate of drug-likeness (QED) is 0.680. The van der Waals surface area contributed by atoms with Gasteiger partial charge in [-0.1, -0.05) is 24.3 Å². The van der Waals surface area contributed by atoms with Crippen molar-refractivity contribution < 1.29 is 9.90 Å². The van der Waals surface area contributed by atoms with E-state index < -0.39 is 11.5 Å². The normalized spacial score (nSPS) is 10.7. The lowest BCUT2D eigenvalue weighted by molar-refractivity contribution is 0.102. The molecule has 0 atom stereocenters. The van der Waals surface area contributed by atoms with Gasteiger partial charge >= 0.3 is 0 Å². The predicted molar refractivity (Wildman–Crippen MR) is 90.1 cm³/mol. The number of fused-ring (bicyclic) bond motifs is 1. The largest absolute Gasteiger partial charge is 0.506 e. The van der Waals surface area contributed by atoms with E-state index in [-0.39, 0.29) is 11.3 Å². The molecule has 0 aliphatic carbocycles. The second kappa shape index (κ2) is 5.61.